The highest BCUT2D eigenvalue weighted by Gasteiger charge is 2.11. The number of amidine groups is 1. The molecule has 0 unspecified atom stereocenters. The van der Waals surface area contributed by atoms with E-state index in [2.05, 4.69) is 16.5 Å². The highest BCUT2D eigenvalue weighted by atomic mass is 19.1. The zero-order chi connectivity index (χ0) is 15.1. The predicted octanol–water partition coefficient (Wildman–Crippen LogP) is 2.90. The maximum Gasteiger partial charge on any atom is 0.173 e. The molecule has 0 heterocycles. The van der Waals surface area contributed by atoms with Crippen LogP contribution in [0.25, 0.3) is 0 Å². The fourth-order valence-electron chi connectivity index (χ4n) is 2.57. The Kier molecular flexibility index (Phi) is 5.75. The first kappa shape index (κ1) is 15.5. The first-order valence-electron chi connectivity index (χ1n) is 7.36. The summed E-state index contributed by atoms with van der Waals surface area (Å²) in [5.41, 5.74) is 7.60. The molecule has 1 aliphatic rings. The van der Waals surface area contributed by atoms with E-state index in [0.717, 1.165) is 13.0 Å². The Hall–Kier alpha value is -1.88. The Morgan fingerprint density at radius 1 is 1.38 bits per heavy atom. The molecule has 0 saturated heterocycles. The molecule has 0 saturated carbocycles. The predicted molar refractivity (Wildman–Crippen MR) is 81.8 cm³/mol. The molecule has 2 rings (SSSR count). The SMILES string of the molecule is N/C(=N/O)c1cccc(CNCCC2=CCCCC2)c1F. The number of hydrogen-bond acceptors (Lipinski definition) is 3. The quantitative estimate of drug-likeness (QED) is 0.188. The number of nitrogens with two attached hydrogens (primary N) is 1. The van der Waals surface area contributed by atoms with E-state index < -0.39 is 5.82 Å². The number of nitrogens with one attached hydrogen (secondary N) is 1. The van der Waals surface area contributed by atoms with Crippen LogP contribution < -0.4 is 11.1 Å². The van der Waals surface area contributed by atoms with Gasteiger partial charge in [-0.05, 0) is 44.7 Å². The third kappa shape index (κ3) is 4.29. The number of allylic oxidation sites excluding steroid dienone is 1. The van der Waals surface area contributed by atoms with Crippen LogP contribution in [0.1, 0.15) is 43.2 Å². The molecule has 0 spiro atoms. The molecular formula is C16H22FN3O. The molecular weight excluding hydrogens is 269 g/mol. The zero-order valence-electron chi connectivity index (χ0n) is 12.1. The van der Waals surface area contributed by atoms with E-state index in [9.17, 15) is 4.39 Å². The lowest BCUT2D eigenvalue weighted by molar-refractivity contribution is 0.318. The number of benzene rings is 1. The second-order valence-corrected chi connectivity index (χ2v) is 5.30. The molecule has 0 bridgehead atoms. The van der Waals surface area contributed by atoms with Crippen LogP contribution in [0.3, 0.4) is 0 Å². The highest BCUT2D eigenvalue weighted by molar-refractivity contribution is 5.97. The van der Waals surface area contributed by atoms with Gasteiger partial charge >= 0.3 is 0 Å². The van der Waals surface area contributed by atoms with Crippen molar-refractivity contribution in [1.29, 1.82) is 0 Å². The van der Waals surface area contributed by atoms with Gasteiger partial charge in [-0.2, -0.15) is 0 Å². The molecule has 0 aromatic heterocycles. The van der Waals surface area contributed by atoms with Gasteiger partial charge in [-0.15, -0.1) is 0 Å². The van der Waals surface area contributed by atoms with Gasteiger partial charge in [0, 0.05) is 12.1 Å². The second kappa shape index (κ2) is 7.78. The Labute approximate surface area is 124 Å². The van der Waals surface area contributed by atoms with Gasteiger partial charge in [0.15, 0.2) is 5.84 Å². The third-order valence-electron chi connectivity index (χ3n) is 3.79. The lowest BCUT2D eigenvalue weighted by Gasteiger charge is -2.13. The molecule has 4 nitrogen and oxygen atoms in total. The van der Waals surface area contributed by atoms with Gasteiger partial charge in [-0.25, -0.2) is 4.39 Å². The molecule has 5 heteroatoms. The molecule has 0 atom stereocenters. The summed E-state index contributed by atoms with van der Waals surface area (Å²) in [5.74, 6) is -0.640. The van der Waals surface area contributed by atoms with Crippen LogP contribution in [0.15, 0.2) is 35.0 Å². The van der Waals surface area contributed by atoms with Crippen LogP contribution in [0.2, 0.25) is 0 Å². The van der Waals surface area contributed by atoms with E-state index in [1.54, 1.807) is 12.1 Å². The standard InChI is InChI=1S/C16H22FN3O/c17-15-13(7-4-8-14(15)16(18)20-21)11-19-10-9-12-5-2-1-3-6-12/h4-5,7-8,19,21H,1-3,6,9-11H2,(H2,18,20). The number of nitrogens with zero attached hydrogens (tertiary/aromatic N) is 1. The van der Waals surface area contributed by atoms with Gasteiger partial charge in [0.25, 0.3) is 0 Å². The number of oxime groups is 1. The number of rotatable bonds is 6. The molecule has 0 radical (unpaired) electrons. The van der Waals surface area contributed by atoms with E-state index in [1.165, 1.54) is 37.3 Å². The zero-order valence-corrected chi connectivity index (χ0v) is 12.1. The van der Waals surface area contributed by atoms with E-state index >= 15 is 0 Å². The summed E-state index contributed by atoms with van der Waals surface area (Å²) in [4.78, 5) is 0. The summed E-state index contributed by atoms with van der Waals surface area (Å²) in [6.45, 7) is 1.27. The maximum absolute atomic E-state index is 14.2. The summed E-state index contributed by atoms with van der Waals surface area (Å²) >= 11 is 0. The molecule has 0 fully saturated rings. The van der Waals surface area contributed by atoms with Crippen molar-refractivity contribution in [3.8, 4) is 0 Å². The smallest absolute Gasteiger partial charge is 0.173 e. The Balaban J connectivity index is 1.87. The largest absolute Gasteiger partial charge is 0.409 e. The minimum atomic E-state index is -0.433. The summed E-state index contributed by atoms with van der Waals surface area (Å²) < 4.78 is 14.2. The average Bonchev–Trinajstić information content (AvgIpc) is 2.53. The van der Waals surface area contributed by atoms with Gasteiger partial charge in [0.1, 0.15) is 5.82 Å². The summed E-state index contributed by atoms with van der Waals surface area (Å²) in [7, 11) is 0. The van der Waals surface area contributed by atoms with Crippen molar-refractivity contribution >= 4 is 5.84 Å². The normalized spacial score (nSPS) is 15.9. The fraction of sp³-hybridized carbons (Fsp3) is 0.438. The lowest BCUT2D eigenvalue weighted by atomic mass is 9.97. The molecule has 4 N–H and O–H groups in total. The summed E-state index contributed by atoms with van der Waals surface area (Å²) in [5, 5.41) is 14.7. The molecule has 0 amide bonds. The first-order chi connectivity index (χ1) is 10.2. The van der Waals surface area contributed by atoms with Gasteiger partial charge in [-0.1, -0.05) is 28.9 Å². The topological polar surface area (TPSA) is 70.6 Å². The molecule has 21 heavy (non-hydrogen) atoms. The van der Waals surface area contributed by atoms with Gasteiger partial charge < -0.3 is 16.3 Å². The molecule has 114 valence electrons. The third-order valence-corrected chi connectivity index (χ3v) is 3.79. The van der Waals surface area contributed by atoms with E-state index in [4.69, 9.17) is 10.9 Å². The van der Waals surface area contributed by atoms with Crippen molar-refractivity contribution in [2.45, 2.75) is 38.6 Å². The Bertz CT molecular complexity index is 540. The van der Waals surface area contributed by atoms with Crippen molar-refractivity contribution in [3.05, 3.63) is 46.8 Å². The fourth-order valence-corrected chi connectivity index (χ4v) is 2.57. The van der Waals surface area contributed by atoms with Crippen molar-refractivity contribution < 1.29 is 9.60 Å². The minimum Gasteiger partial charge on any atom is -0.409 e. The van der Waals surface area contributed by atoms with Gasteiger partial charge in [0.2, 0.25) is 0 Å². The van der Waals surface area contributed by atoms with Crippen molar-refractivity contribution in [2.75, 3.05) is 6.54 Å². The van der Waals surface area contributed by atoms with Crippen LogP contribution in [0.5, 0.6) is 0 Å². The van der Waals surface area contributed by atoms with Crippen molar-refractivity contribution in [3.63, 3.8) is 0 Å². The molecule has 1 aliphatic carbocycles. The van der Waals surface area contributed by atoms with Crippen LogP contribution in [0.4, 0.5) is 4.39 Å². The molecule has 0 aliphatic heterocycles. The van der Waals surface area contributed by atoms with E-state index in [1.807, 2.05) is 0 Å². The van der Waals surface area contributed by atoms with E-state index in [0.29, 0.717) is 12.1 Å². The number of hydrogen-bond donors (Lipinski definition) is 3. The van der Waals surface area contributed by atoms with Gasteiger partial charge in [-0.3, -0.25) is 0 Å². The first-order valence-corrected chi connectivity index (χ1v) is 7.36. The Morgan fingerprint density at radius 3 is 2.95 bits per heavy atom. The van der Waals surface area contributed by atoms with Crippen molar-refractivity contribution in [2.24, 2.45) is 10.9 Å². The van der Waals surface area contributed by atoms with Crippen molar-refractivity contribution in [1.82, 2.24) is 5.32 Å². The molecule has 1 aromatic carbocycles. The van der Waals surface area contributed by atoms with Gasteiger partial charge in [0.05, 0.1) is 5.56 Å². The second-order valence-electron chi connectivity index (χ2n) is 5.30. The van der Waals surface area contributed by atoms with Crippen LogP contribution in [-0.4, -0.2) is 17.6 Å². The van der Waals surface area contributed by atoms with E-state index in [-0.39, 0.29) is 11.4 Å². The lowest BCUT2D eigenvalue weighted by Crippen LogP contribution is -2.19. The average molecular weight is 291 g/mol. The number of halogens is 1. The monoisotopic (exact) mass is 291 g/mol. The Morgan fingerprint density at radius 2 is 2.24 bits per heavy atom. The van der Waals surface area contributed by atoms with Crippen LogP contribution in [-0.2, 0) is 6.54 Å². The maximum atomic E-state index is 14.2. The molecule has 1 aromatic rings. The summed E-state index contributed by atoms with van der Waals surface area (Å²) in [6.07, 6.45) is 8.29. The van der Waals surface area contributed by atoms with Crippen LogP contribution >= 0.6 is 0 Å². The summed E-state index contributed by atoms with van der Waals surface area (Å²) in [6, 6.07) is 4.91. The van der Waals surface area contributed by atoms with Crippen LogP contribution in [0, 0.1) is 5.82 Å². The minimum absolute atomic E-state index is 0.131. The highest BCUT2D eigenvalue weighted by Crippen LogP contribution is 2.19.